The summed E-state index contributed by atoms with van der Waals surface area (Å²) >= 11 is 0. The lowest BCUT2D eigenvalue weighted by Gasteiger charge is -2.24. The molecule has 4 nitrogen and oxygen atoms in total. The number of hydrogen-bond acceptors (Lipinski definition) is 2. The maximum atomic E-state index is 13.3. The van der Waals surface area contributed by atoms with Crippen molar-refractivity contribution >= 4 is 18.4 Å². The van der Waals surface area contributed by atoms with E-state index < -0.39 is 5.97 Å². The van der Waals surface area contributed by atoms with Gasteiger partial charge in [0.05, 0.1) is 0 Å². The standard InChI is InChI=1S/C15H15FN2O2.ClH/c1-9-6-10(2-4-12(9)16)11-3-5-14-17-13(15(19)20)8-18(14)7-11;/h2,4,6,8,11H,3,5,7H2,1H3,(H,19,20);1H. The molecule has 0 amide bonds. The zero-order valence-corrected chi connectivity index (χ0v) is 12.4. The number of carbonyl (C=O) groups is 1. The third kappa shape index (κ3) is 2.93. The highest BCUT2D eigenvalue weighted by Gasteiger charge is 2.23. The molecule has 112 valence electrons. The summed E-state index contributed by atoms with van der Waals surface area (Å²) < 4.78 is 15.2. The van der Waals surface area contributed by atoms with Gasteiger partial charge in [0.1, 0.15) is 11.6 Å². The van der Waals surface area contributed by atoms with Crippen molar-refractivity contribution in [2.24, 2.45) is 0 Å². The molecule has 0 spiro atoms. The highest BCUT2D eigenvalue weighted by Crippen LogP contribution is 2.29. The Labute approximate surface area is 128 Å². The Morgan fingerprint density at radius 3 is 2.90 bits per heavy atom. The third-order valence-corrected chi connectivity index (χ3v) is 3.87. The molecule has 1 unspecified atom stereocenters. The molecule has 3 rings (SSSR count). The number of halogens is 2. The molecule has 1 aromatic heterocycles. The molecular formula is C15H16ClFN2O2. The number of aromatic nitrogens is 2. The van der Waals surface area contributed by atoms with Crippen LogP contribution < -0.4 is 0 Å². The van der Waals surface area contributed by atoms with Gasteiger partial charge in [0.15, 0.2) is 5.69 Å². The van der Waals surface area contributed by atoms with Gasteiger partial charge in [-0.15, -0.1) is 12.4 Å². The molecule has 0 aliphatic carbocycles. The Balaban J connectivity index is 0.00000161. The summed E-state index contributed by atoms with van der Waals surface area (Å²) in [4.78, 5) is 15.0. The van der Waals surface area contributed by atoms with E-state index in [1.807, 2.05) is 16.7 Å². The maximum absolute atomic E-state index is 13.3. The first kappa shape index (κ1) is 15.5. The summed E-state index contributed by atoms with van der Waals surface area (Å²) in [5, 5.41) is 8.97. The number of aromatic carboxylic acids is 1. The highest BCUT2D eigenvalue weighted by molar-refractivity contribution is 5.85. The Hall–Kier alpha value is -1.88. The Kier molecular flexibility index (Phi) is 4.32. The first-order chi connectivity index (χ1) is 9.54. The van der Waals surface area contributed by atoms with Crippen molar-refractivity contribution in [3.63, 3.8) is 0 Å². The minimum Gasteiger partial charge on any atom is -0.476 e. The molecule has 2 heterocycles. The Morgan fingerprint density at radius 2 is 2.24 bits per heavy atom. The molecule has 1 N–H and O–H groups in total. The molecule has 0 saturated heterocycles. The van der Waals surface area contributed by atoms with Gasteiger partial charge in [-0.05, 0) is 30.5 Å². The maximum Gasteiger partial charge on any atom is 0.356 e. The quantitative estimate of drug-likeness (QED) is 0.927. The SMILES string of the molecule is Cc1cc(C2CCc3nc(C(=O)O)cn3C2)ccc1F.Cl. The summed E-state index contributed by atoms with van der Waals surface area (Å²) in [5.41, 5.74) is 1.83. The van der Waals surface area contributed by atoms with Crippen molar-refractivity contribution in [1.82, 2.24) is 9.55 Å². The van der Waals surface area contributed by atoms with E-state index in [0.717, 1.165) is 24.2 Å². The second-order valence-electron chi connectivity index (χ2n) is 5.24. The average Bonchev–Trinajstić information content (AvgIpc) is 2.85. The fraction of sp³-hybridized carbons (Fsp3) is 0.333. The first-order valence-corrected chi connectivity index (χ1v) is 6.60. The molecule has 1 aromatic carbocycles. The number of carboxylic acid groups (broad SMARTS) is 1. The molecule has 6 heteroatoms. The van der Waals surface area contributed by atoms with E-state index in [2.05, 4.69) is 4.98 Å². The summed E-state index contributed by atoms with van der Waals surface area (Å²) in [6.07, 6.45) is 3.23. The largest absolute Gasteiger partial charge is 0.476 e. The Bertz CT molecular complexity index is 684. The van der Waals surface area contributed by atoms with Gasteiger partial charge in [-0.25, -0.2) is 14.2 Å². The van der Waals surface area contributed by atoms with E-state index in [4.69, 9.17) is 5.11 Å². The van der Waals surface area contributed by atoms with Crippen LogP contribution >= 0.6 is 12.4 Å². The molecule has 1 atom stereocenters. The van der Waals surface area contributed by atoms with Gasteiger partial charge >= 0.3 is 5.97 Å². The highest BCUT2D eigenvalue weighted by atomic mass is 35.5. The van der Waals surface area contributed by atoms with Crippen molar-refractivity contribution in [2.75, 3.05) is 0 Å². The van der Waals surface area contributed by atoms with Crippen molar-refractivity contribution in [3.8, 4) is 0 Å². The number of fused-ring (bicyclic) bond motifs is 1. The normalized spacial score (nSPS) is 17.0. The van der Waals surface area contributed by atoms with E-state index in [0.29, 0.717) is 12.1 Å². The zero-order valence-electron chi connectivity index (χ0n) is 11.5. The number of aryl methyl sites for hydroxylation is 2. The zero-order chi connectivity index (χ0) is 14.3. The average molecular weight is 311 g/mol. The third-order valence-electron chi connectivity index (χ3n) is 3.87. The number of nitrogens with zero attached hydrogens (tertiary/aromatic N) is 2. The van der Waals surface area contributed by atoms with E-state index in [-0.39, 0.29) is 29.8 Å². The van der Waals surface area contributed by atoms with Gasteiger partial charge in [-0.2, -0.15) is 0 Å². The minimum atomic E-state index is -0.999. The predicted molar refractivity (Wildman–Crippen MR) is 78.6 cm³/mol. The van der Waals surface area contributed by atoms with Crippen LogP contribution in [0.4, 0.5) is 4.39 Å². The number of hydrogen-bond donors (Lipinski definition) is 1. The minimum absolute atomic E-state index is 0. The number of rotatable bonds is 2. The number of imidazole rings is 1. The van der Waals surface area contributed by atoms with Gasteiger partial charge in [-0.3, -0.25) is 0 Å². The van der Waals surface area contributed by atoms with Gasteiger partial charge < -0.3 is 9.67 Å². The molecule has 2 aromatic rings. The van der Waals surface area contributed by atoms with Crippen molar-refractivity contribution in [2.45, 2.75) is 32.2 Å². The second kappa shape index (κ2) is 5.85. The van der Waals surface area contributed by atoms with Crippen LogP contribution in [0.2, 0.25) is 0 Å². The number of carboxylic acids is 1. The van der Waals surface area contributed by atoms with Crippen LogP contribution in [0.5, 0.6) is 0 Å². The summed E-state index contributed by atoms with van der Waals surface area (Å²) in [6, 6.07) is 5.18. The molecule has 0 radical (unpaired) electrons. The van der Waals surface area contributed by atoms with Gasteiger partial charge in [0.2, 0.25) is 0 Å². The molecule has 1 aliphatic rings. The smallest absolute Gasteiger partial charge is 0.356 e. The lowest BCUT2D eigenvalue weighted by molar-refractivity contribution is 0.0691. The monoisotopic (exact) mass is 310 g/mol. The van der Waals surface area contributed by atoms with Crippen LogP contribution in [-0.4, -0.2) is 20.6 Å². The van der Waals surface area contributed by atoms with Gasteiger partial charge in [0, 0.05) is 25.1 Å². The lowest BCUT2D eigenvalue weighted by Crippen LogP contribution is -2.18. The lowest BCUT2D eigenvalue weighted by atomic mass is 9.90. The van der Waals surface area contributed by atoms with E-state index >= 15 is 0 Å². The number of benzene rings is 1. The molecule has 0 saturated carbocycles. The second-order valence-corrected chi connectivity index (χ2v) is 5.24. The summed E-state index contributed by atoms with van der Waals surface area (Å²) in [5.74, 6) is -0.0998. The van der Waals surface area contributed by atoms with Crippen LogP contribution in [0.1, 0.15) is 39.8 Å². The van der Waals surface area contributed by atoms with Crippen LogP contribution in [0.3, 0.4) is 0 Å². The fourth-order valence-electron chi connectivity index (χ4n) is 2.74. The van der Waals surface area contributed by atoms with Crippen LogP contribution in [0, 0.1) is 12.7 Å². The molecule has 21 heavy (non-hydrogen) atoms. The van der Waals surface area contributed by atoms with E-state index in [1.165, 1.54) is 6.07 Å². The van der Waals surface area contributed by atoms with Crippen molar-refractivity contribution in [3.05, 3.63) is 52.9 Å². The van der Waals surface area contributed by atoms with Crippen molar-refractivity contribution in [1.29, 1.82) is 0 Å². The van der Waals surface area contributed by atoms with Gasteiger partial charge in [0.25, 0.3) is 0 Å². The van der Waals surface area contributed by atoms with E-state index in [9.17, 15) is 9.18 Å². The van der Waals surface area contributed by atoms with Gasteiger partial charge in [-0.1, -0.05) is 12.1 Å². The van der Waals surface area contributed by atoms with Crippen LogP contribution in [0.15, 0.2) is 24.4 Å². The summed E-state index contributed by atoms with van der Waals surface area (Å²) in [6.45, 7) is 2.45. The van der Waals surface area contributed by atoms with E-state index in [1.54, 1.807) is 13.1 Å². The van der Waals surface area contributed by atoms with Crippen molar-refractivity contribution < 1.29 is 14.3 Å². The molecule has 0 bridgehead atoms. The van der Waals surface area contributed by atoms with Crippen LogP contribution in [-0.2, 0) is 13.0 Å². The fourth-order valence-corrected chi connectivity index (χ4v) is 2.74. The van der Waals surface area contributed by atoms with Crippen LogP contribution in [0.25, 0.3) is 0 Å². The Morgan fingerprint density at radius 1 is 1.48 bits per heavy atom. The molecule has 0 fully saturated rings. The predicted octanol–water partition coefficient (Wildman–Crippen LogP) is 3.18. The molecular weight excluding hydrogens is 295 g/mol. The topological polar surface area (TPSA) is 55.1 Å². The molecule has 1 aliphatic heterocycles. The summed E-state index contributed by atoms with van der Waals surface area (Å²) in [7, 11) is 0. The first-order valence-electron chi connectivity index (χ1n) is 6.60.